The van der Waals surface area contributed by atoms with Crippen LogP contribution in [-0.2, 0) is 0 Å². The molecule has 1 nitrogen and oxygen atoms in total. The third-order valence-corrected chi connectivity index (χ3v) is 4.48. The third-order valence-electron chi connectivity index (χ3n) is 4.48. The van der Waals surface area contributed by atoms with Crippen LogP contribution in [0, 0.1) is 5.92 Å². The van der Waals surface area contributed by atoms with Crippen molar-refractivity contribution in [2.24, 2.45) is 5.92 Å². The Bertz CT molecular complexity index is 546. The Morgan fingerprint density at radius 1 is 1.05 bits per heavy atom. The molecule has 2 aromatic rings. The van der Waals surface area contributed by atoms with Crippen molar-refractivity contribution in [2.45, 2.75) is 45.1 Å². The molecule has 1 aliphatic carbocycles. The fraction of sp³-hybridized carbons (Fsp3) is 0.444. The maximum absolute atomic E-state index is 3.74. The van der Waals surface area contributed by atoms with E-state index in [-0.39, 0.29) is 0 Å². The zero-order valence-electron chi connectivity index (χ0n) is 11.7. The Kier molecular flexibility index (Phi) is 3.72. The monoisotopic (exact) mass is 253 g/mol. The first-order valence-corrected chi connectivity index (χ1v) is 7.60. The van der Waals surface area contributed by atoms with Gasteiger partial charge < -0.3 is 5.32 Å². The molecule has 1 saturated carbocycles. The largest absolute Gasteiger partial charge is 0.382 e. The van der Waals surface area contributed by atoms with E-state index in [0.717, 1.165) is 5.92 Å². The van der Waals surface area contributed by atoms with E-state index in [1.165, 1.54) is 48.6 Å². The van der Waals surface area contributed by atoms with Gasteiger partial charge in [-0.05, 0) is 41.7 Å². The van der Waals surface area contributed by atoms with Gasteiger partial charge in [-0.1, -0.05) is 56.5 Å². The quantitative estimate of drug-likeness (QED) is 0.790. The van der Waals surface area contributed by atoms with Gasteiger partial charge in [-0.25, -0.2) is 0 Å². The van der Waals surface area contributed by atoms with E-state index >= 15 is 0 Å². The zero-order valence-corrected chi connectivity index (χ0v) is 11.7. The highest BCUT2D eigenvalue weighted by Crippen LogP contribution is 2.29. The second-order valence-corrected chi connectivity index (χ2v) is 5.84. The van der Waals surface area contributed by atoms with E-state index in [9.17, 15) is 0 Å². The molecule has 1 aliphatic rings. The van der Waals surface area contributed by atoms with Crippen molar-refractivity contribution in [1.82, 2.24) is 0 Å². The van der Waals surface area contributed by atoms with E-state index < -0.39 is 0 Å². The highest BCUT2D eigenvalue weighted by Gasteiger charge is 2.20. The van der Waals surface area contributed by atoms with Crippen molar-refractivity contribution in [2.75, 3.05) is 5.32 Å². The molecule has 2 unspecified atom stereocenters. The fourth-order valence-corrected chi connectivity index (χ4v) is 3.31. The van der Waals surface area contributed by atoms with Crippen LogP contribution in [0.4, 0.5) is 5.69 Å². The summed E-state index contributed by atoms with van der Waals surface area (Å²) in [5, 5.41) is 6.39. The van der Waals surface area contributed by atoms with Gasteiger partial charge in [0, 0.05) is 11.7 Å². The Morgan fingerprint density at radius 3 is 2.74 bits per heavy atom. The Labute approximate surface area is 116 Å². The molecule has 100 valence electrons. The van der Waals surface area contributed by atoms with Gasteiger partial charge in [0.25, 0.3) is 0 Å². The predicted molar refractivity (Wildman–Crippen MR) is 83.6 cm³/mol. The fourth-order valence-electron chi connectivity index (χ4n) is 3.31. The van der Waals surface area contributed by atoms with Gasteiger partial charge in [0.05, 0.1) is 0 Å². The summed E-state index contributed by atoms with van der Waals surface area (Å²) in [5.41, 5.74) is 1.28. The van der Waals surface area contributed by atoms with Gasteiger partial charge in [0.1, 0.15) is 0 Å². The Morgan fingerprint density at radius 2 is 1.89 bits per heavy atom. The molecule has 0 saturated heterocycles. The van der Waals surface area contributed by atoms with Gasteiger partial charge in [-0.3, -0.25) is 0 Å². The molecular formula is C18H23N. The summed E-state index contributed by atoms with van der Waals surface area (Å²) in [6.07, 6.45) is 6.79. The van der Waals surface area contributed by atoms with Crippen LogP contribution < -0.4 is 5.32 Å². The highest BCUT2D eigenvalue weighted by molar-refractivity contribution is 5.85. The molecule has 0 aliphatic heterocycles. The minimum absolute atomic E-state index is 0.667. The topological polar surface area (TPSA) is 12.0 Å². The average molecular weight is 253 g/mol. The Balaban J connectivity index is 1.74. The summed E-state index contributed by atoms with van der Waals surface area (Å²) in [7, 11) is 0. The van der Waals surface area contributed by atoms with Crippen LogP contribution in [0.25, 0.3) is 10.8 Å². The van der Waals surface area contributed by atoms with E-state index in [1.54, 1.807) is 0 Å². The summed E-state index contributed by atoms with van der Waals surface area (Å²) in [4.78, 5) is 0. The highest BCUT2D eigenvalue weighted by atomic mass is 14.9. The van der Waals surface area contributed by atoms with Gasteiger partial charge in [0.15, 0.2) is 0 Å². The molecule has 1 heteroatoms. The molecule has 0 aromatic heterocycles. The predicted octanol–water partition coefficient (Wildman–Crippen LogP) is 5.22. The second kappa shape index (κ2) is 5.64. The first-order chi connectivity index (χ1) is 9.35. The summed E-state index contributed by atoms with van der Waals surface area (Å²) in [5.74, 6) is 0.923. The van der Waals surface area contributed by atoms with Crippen LogP contribution in [0.3, 0.4) is 0 Å². The molecule has 0 heterocycles. The molecule has 0 spiro atoms. The molecule has 0 bridgehead atoms. The first kappa shape index (κ1) is 12.5. The first-order valence-electron chi connectivity index (χ1n) is 7.60. The maximum Gasteiger partial charge on any atom is 0.0348 e. The van der Waals surface area contributed by atoms with Gasteiger partial charge in [-0.15, -0.1) is 0 Å². The number of hydrogen-bond acceptors (Lipinski definition) is 1. The van der Waals surface area contributed by atoms with Crippen LogP contribution in [0.1, 0.15) is 39.0 Å². The van der Waals surface area contributed by atoms with Crippen LogP contribution in [0.5, 0.6) is 0 Å². The molecule has 0 radical (unpaired) electrons. The summed E-state index contributed by atoms with van der Waals surface area (Å²) < 4.78 is 0. The van der Waals surface area contributed by atoms with Crippen LogP contribution >= 0.6 is 0 Å². The van der Waals surface area contributed by atoms with Gasteiger partial charge in [-0.2, -0.15) is 0 Å². The van der Waals surface area contributed by atoms with E-state index in [1.807, 2.05) is 0 Å². The van der Waals surface area contributed by atoms with Crippen molar-refractivity contribution < 1.29 is 0 Å². The molecule has 2 atom stereocenters. The lowest BCUT2D eigenvalue weighted by molar-refractivity contribution is 0.327. The van der Waals surface area contributed by atoms with E-state index in [0.29, 0.717) is 6.04 Å². The molecule has 2 aromatic carbocycles. The molecular weight excluding hydrogens is 230 g/mol. The zero-order chi connectivity index (χ0) is 13.1. The number of fused-ring (bicyclic) bond motifs is 1. The van der Waals surface area contributed by atoms with E-state index in [2.05, 4.69) is 54.7 Å². The molecule has 0 amide bonds. The standard InChI is InChI=1S/C18H23N/c1-2-14-6-5-9-17(12-14)19-18-11-10-15-7-3-4-8-16(15)13-18/h3-4,7-8,10-11,13-14,17,19H,2,5-6,9,12H2,1H3. The minimum atomic E-state index is 0.667. The smallest absolute Gasteiger partial charge is 0.0348 e. The lowest BCUT2D eigenvalue weighted by Gasteiger charge is -2.30. The summed E-state index contributed by atoms with van der Waals surface area (Å²) in [6, 6.07) is 16.0. The van der Waals surface area contributed by atoms with Crippen LogP contribution in [0.2, 0.25) is 0 Å². The number of benzene rings is 2. The number of nitrogens with one attached hydrogen (secondary N) is 1. The second-order valence-electron chi connectivity index (χ2n) is 5.84. The Hall–Kier alpha value is -1.50. The van der Waals surface area contributed by atoms with Gasteiger partial charge >= 0.3 is 0 Å². The van der Waals surface area contributed by atoms with E-state index in [4.69, 9.17) is 0 Å². The van der Waals surface area contributed by atoms with Crippen molar-refractivity contribution in [3.63, 3.8) is 0 Å². The third kappa shape index (κ3) is 2.91. The molecule has 3 rings (SSSR count). The van der Waals surface area contributed by atoms with Crippen molar-refractivity contribution >= 4 is 16.5 Å². The van der Waals surface area contributed by atoms with Crippen molar-refractivity contribution in [1.29, 1.82) is 0 Å². The number of anilines is 1. The van der Waals surface area contributed by atoms with Crippen molar-refractivity contribution in [3.05, 3.63) is 42.5 Å². The van der Waals surface area contributed by atoms with Crippen LogP contribution in [-0.4, -0.2) is 6.04 Å². The molecule has 1 N–H and O–H groups in total. The lowest BCUT2D eigenvalue weighted by atomic mass is 9.84. The maximum atomic E-state index is 3.74. The summed E-state index contributed by atoms with van der Waals surface area (Å²) in [6.45, 7) is 2.32. The molecule has 1 fully saturated rings. The van der Waals surface area contributed by atoms with Crippen LogP contribution in [0.15, 0.2) is 42.5 Å². The SMILES string of the molecule is CCC1CCCC(Nc2ccc3ccccc3c2)C1. The average Bonchev–Trinajstić information content (AvgIpc) is 2.47. The molecule has 19 heavy (non-hydrogen) atoms. The normalized spacial score (nSPS) is 23.4. The van der Waals surface area contributed by atoms with Crippen molar-refractivity contribution in [3.8, 4) is 0 Å². The number of rotatable bonds is 3. The van der Waals surface area contributed by atoms with Gasteiger partial charge in [0.2, 0.25) is 0 Å². The lowest BCUT2D eigenvalue weighted by Crippen LogP contribution is -2.26. The summed E-state index contributed by atoms with van der Waals surface area (Å²) >= 11 is 0. The number of hydrogen-bond donors (Lipinski definition) is 1. The minimum Gasteiger partial charge on any atom is -0.382 e.